The summed E-state index contributed by atoms with van der Waals surface area (Å²) in [5, 5.41) is 5.73. The molecule has 1 amide bonds. The van der Waals surface area contributed by atoms with Crippen LogP contribution in [0.2, 0.25) is 0 Å². The van der Waals surface area contributed by atoms with Crippen molar-refractivity contribution in [1.29, 1.82) is 0 Å². The summed E-state index contributed by atoms with van der Waals surface area (Å²) in [4.78, 5) is 20.5. The van der Waals surface area contributed by atoms with Gasteiger partial charge in [0.15, 0.2) is 11.5 Å². The number of hydrogen-bond donors (Lipinski definition) is 2. The molecule has 1 aromatic heterocycles. The zero-order valence-electron chi connectivity index (χ0n) is 15.4. The van der Waals surface area contributed by atoms with Crippen molar-refractivity contribution in [3.8, 4) is 11.5 Å². The first-order valence-corrected chi connectivity index (χ1v) is 8.43. The molecule has 0 saturated heterocycles. The lowest BCUT2D eigenvalue weighted by Gasteiger charge is -2.11. The lowest BCUT2D eigenvalue weighted by atomic mass is 10.2. The largest absolute Gasteiger partial charge is 0.493 e. The lowest BCUT2D eigenvalue weighted by molar-refractivity contribution is 0.102. The number of amides is 1. The van der Waals surface area contributed by atoms with Gasteiger partial charge in [-0.2, -0.15) is 0 Å². The van der Waals surface area contributed by atoms with E-state index in [0.29, 0.717) is 28.6 Å². The molecule has 2 N–H and O–H groups in total. The van der Waals surface area contributed by atoms with Gasteiger partial charge in [-0.25, -0.2) is 14.4 Å². The number of ether oxygens (including phenoxy) is 2. The molecule has 144 valence electrons. The van der Waals surface area contributed by atoms with Crippen molar-refractivity contribution in [2.45, 2.75) is 6.54 Å². The lowest BCUT2D eigenvalue weighted by Crippen LogP contribution is -2.15. The molecule has 0 fully saturated rings. The third kappa shape index (κ3) is 4.53. The van der Waals surface area contributed by atoms with E-state index in [0.717, 1.165) is 0 Å². The van der Waals surface area contributed by atoms with Crippen molar-refractivity contribution in [3.05, 3.63) is 71.9 Å². The second-order valence-electron chi connectivity index (χ2n) is 5.76. The van der Waals surface area contributed by atoms with Gasteiger partial charge in [0.05, 0.1) is 14.2 Å². The maximum Gasteiger partial charge on any atom is 0.274 e. The molecule has 0 aliphatic carbocycles. The monoisotopic (exact) mass is 382 g/mol. The molecular weight excluding hydrogens is 363 g/mol. The summed E-state index contributed by atoms with van der Waals surface area (Å²) in [7, 11) is 3.05. The fourth-order valence-corrected chi connectivity index (χ4v) is 2.51. The molecule has 0 atom stereocenters. The first-order chi connectivity index (χ1) is 13.6. The molecule has 7 nitrogen and oxygen atoms in total. The number of carbonyl (C=O) groups excluding carboxylic acids is 1. The molecule has 0 bridgehead atoms. The minimum absolute atomic E-state index is 0.167. The summed E-state index contributed by atoms with van der Waals surface area (Å²) in [5.41, 5.74) is 1.19. The molecular formula is C20H19FN4O3. The fourth-order valence-electron chi connectivity index (χ4n) is 2.51. The van der Waals surface area contributed by atoms with Crippen LogP contribution in [0, 0.1) is 5.82 Å². The Balaban J connectivity index is 1.69. The summed E-state index contributed by atoms with van der Waals surface area (Å²) >= 11 is 0. The van der Waals surface area contributed by atoms with Gasteiger partial charge in [-0.3, -0.25) is 4.79 Å². The summed E-state index contributed by atoms with van der Waals surface area (Å²) in [5.74, 6) is 0.743. The van der Waals surface area contributed by atoms with Gasteiger partial charge < -0.3 is 20.1 Å². The van der Waals surface area contributed by atoms with Crippen LogP contribution in [0.25, 0.3) is 0 Å². The Morgan fingerprint density at radius 2 is 1.82 bits per heavy atom. The number of benzene rings is 2. The molecule has 0 saturated carbocycles. The van der Waals surface area contributed by atoms with Gasteiger partial charge in [0, 0.05) is 29.9 Å². The van der Waals surface area contributed by atoms with Crippen LogP contribution >= 0.6 is 0 Å². The van der Waals surface area contributed by atoms with Crippen molar-refractivity contribution < 1.29 is 18.7 Å². The number of methoxy groups -OCH3 is 2. The molecule has 3 aromatic rings. The summed E-state index contributed by atoms with van der Waals surface area (Å²) < 4.78 is 24.1. The van der Waals surface area contributed by atoms with E-state index in [-0.39, 0.29) is 18.1 Å². The average Bonchev–Trinajstić information content (AvgIpc) is 2.73. The zero-order valence-corrected chi connectivity index (χ0v) is 15.4. The summed E-state index contributed by atoms with van der Waals surface area (Å²) in [6.45, 7) is 0.237. The molecule has 0 aliphatic rings. The van der Waals surface area contributed by atoms with Crippen LogP contribution in [-0.4, -0.2) is 30.1 Å². The topological polar surface area (TPSA) is 85.4 Å². The quantitative estimate of drug-likeness (QED) is 0.651. The van der Waals surface area contributed by atoms with Gasteiger partial charge >= 0.3 is 0 Å². The van der Waals surface area contributed by atoms with Gasteiger partial charge in [0.25, 0.3) is 5.91 Å². The molecule has 0 radical (unpaired) electrons. The van der Waals surface area contributed by atoms with Crippen LogP contribution in [0.4, 0.5) is 15.9 Å². The predicted octanol–water partition coefficient (Wildman–Crippen LogP) is 3.50. The highest BCUT2D eigenvalue weighted by Gasteiger charge is 2.12. The van der Waals surface area contributed by atoms with E-state index in [1.54, 1.807) is 36.4 Å². The second-order valence-corrected chi connectivity index (χ2v) is 5.76. The number of nitrogens with zero attached hydrogens (tertiary/aromatic N) is 2. The zero-order chi connectivity index (χ0) is 19.9. The van der Waals surface area contributed by atoms with Crippen LogP contribution in [-0.2, 0) is 6.54 Å². The van der Waals surface area contributed by atoms with Crippen molar-refractivity contribution in [2.24, 2.45) is 0 Å². The molecule has 0 spiro atoms. The van der Waals surface area contributed by atoms with Gasteiger partial charge in [-0.15, -0.1) is 0 Å². The van der Waals surface area contributed by atoms with Crippen molar-refractivity contribution in [2.75, 3.05) is 24.9 Å². The number of aromatic nitrogens is 2. The third-order valence-electron chi connectivity index (χ3n) is 3.96. The van der Waals surface area contributed by atoms with Gasteiger partial charge in [-0.1, -0.05) is 18.2 Å². The first kappa shape index (κ1) is 19.1. The van der Waals surface area contributed by atoms with Crippen LogP contribution in [0.15, 0.2) is 54.9 Å². The Hall–Kier alpha value is -3.68. The highest BCUT2D eigenvalue weighted by molar-refractivity contribution is 6.03. The maximum absolute atomic E-state index is 13.7. The number of nitrogens with one attached hydrogen (secondary N) is 2. The highest BCUT2D eigenvalue weighted by atomic mass is 19.1. The number of rotatable bonds is 7. The van der Waals surface area contributed by atoms with Crippen LogP contribution in [0.5, 0.6) is 11.5 Å². The average molecular weight is 382 g/mol. The Morgan fingerprint density at radius 1 is 1.04 bits per heavy atom. The fraction of sp³-hybridized carbons (Fsp3) is 0.150. The third-order valence-corrected chi connectivity index (χ3v) is 3.96. The molecule has 3 rings (SSSR count). The Labute approximate surface area is 161 Å². The number of anilines is 2. The first-order valence-electron chi connectivity index (χ1n) is 8.43. The van der Waals surface area contributed by atoms with Gasteiger partial charge in [-0.05, 0) is 18.2 Å². The normalized spacial score (nSPS) is 10.2. The molecule has 1 heterocycles. The SMILES string of the molecule is COc1ccc(NC(=O)c2cc(NCc3ccccc3F)ncn2)cc1OC. The van der Waals surface area contributed by atoms with Crippen molar-refractivity contribution >= 4 is 17.4 Å². The molecule has 28 heavy (non-hydrogen) atoms. The smallest absolute Gasteiger partial charge is 0.274 e. The Bertz CT molecular complexity index is 981. The van der Waals surface area contributed by atoms with E-state index in [9.17, 15) is 9.18 Å². The number of hydrogen-bond acceptors (Lipinski definition) is 6. The second kappa shape index (κ2) is 8.81. The standard InChI is InChI=1S/C20H19FN4O3/c1-27-17-8-7-14(9-18(17)28-2)25-20(26)16-10-19(24-12-23-16)22-11-13-5-3-4-6-15(13)21/h3-10,12H,11H2,1-2H3,(H,25,26)(H,22,23,24). The van der Waals surface area contributed by atoms with E-state index in [1.165, 1.54) is 32.7 Å². The van der Waals surface area contributed by atoms with E-state index < -0.39 is 5.91 Å². The van der Waals surface area contributed by atoms with Gasteiger partial charge in [0.2, 0.25) is 0 Å². The maximum atomic E-state index is 13.7. The minimum Gasteiger partial charge on any atom is -0.493 e. The predicted molar refractivity (Wildman–Crippen MR) is 103 cm³/mol. The van der Waals surface area contributed by atoms with Crippen molar-refractivity contribution in [1.82, 2.24) is 9.97 Å². The molecule has 0 aliphatic heterocycles. The van der Waals surface area contributed by atoms with Crippen LogP contribution < -0.4 is 20.1 Å². The Kier molecular flexibility index (Phi) is 6.01. The number of halogens is 1. The Morgan fingerprint density at radius 3 is 2.57 bits per heavy atom. The van der Waals surface area contributed by atoms with E-state index in [2.05, 4.69) is 20.6 Å². The van der Waals surface area contributed by atoms with Crippen LogP contribution in [0.3, 0.4) is 0 Å². The summed E-state index contributed by atoms with van der Waals surface area (Å²) in [6.07, 6.45) is 1.27. The van der Waals surface area contributed by atoms with Crippen molar-refractivity contribution in [3.63, 3.8) is 0 Å². The molecule has 0 unspecified atom stereocenters. The molecule has 8 heteroatoms. The summed E-state index contributed by atoms with van der Waals surface area (Å²) in [6, 6.07) is 13.0. The van der Waals surface area contributed by atoms with Crippen LogP contribution in [0.1, 0.15) is 16.1 Å². The number of carbonyl (C=O) groups is 1. The minimum atomic E-state index is -0.413. The highest BCUT2D eigenvalue weighted by Crippen LogP contribution is 2.29. The van der Waals surface area contributed by atoms with E-state index >= 15 is 0 Å². The van der Waals surface area contributed by atoms with E-state index in [4.69, 9.17) is 9.47 Å². The van der Waals surface area contributed by atoms with E-state index in [1.807, 2.05) is 0 Å². The molecule has 2 aromatic carbocycles. The van der Waals surface area contributed by atoms with Gasteiger partial charge in [0.1, 0.15) is 23.7 Å².